The molecule has 0 aromatic heterocycles. The van der Waals surface area contributed by atoms with E-state index in [-0.39, 0.29) is 0 Å². The minimum atomic E-state index is 0.297. The van der Waals surface area contributed by atoms with Crippen molar-refractivity contribution in [1.29, 1.82) is 0 Å². The lowest BCUT2D eigenvalue weighted by Gasteiger charge is -2.28. The monoisotopic (exact) mass is 341 g/mol. The molecule has 0 aromatic rings. The molecule has 1 heterocycles. The van der Waals surface area contributed by atoms with Crippen LogP contribution in [-0.2, 0) is 4.79 Å². The van der Waals surface area contributed by atoms with Crippen molar-refractivity contribution in [3.8, 4) is 0 Å². The van der Waals surface area contributed by atoms with Gasteiger partial charge < -0.3 is 20.9 Å². The lowest BCUT2D eigenvalue weighted by atomic mass is 10.2. The van der Waals surface area contributed by atoms with Gasteiger partial charge in [0.1, 0.15) is 0 Å². The number of hydrogen-bond donors (Lipinski definition) is 3. The predicted molar refractivity (Wildman–Crippen MR) is 101 cm³/mol. The zero-order chi connectivity index (χ0) is 17.5. The van der Waals surface area contributed by atoms with Crippen LogP contribution in [0, 0.1) is 0 Å². The first-order valence-electron chi connectivity index (χ1n) is 9.90. The molecule has 6 heteroatoms. The van der Waals surface area contributed by atoms with Gasteiger partial charge >= 0.3 is 0 Å². The molecule has 1 saturated heterocycles. The summed E-state index contributed by atoms with van der Waals surface area (Å²) in [5, 5.41) is 10.3. The topological polar surface area (TPSA) is 59.6 Å². The first kappa shape index (κ1) is 21.4. The summed E-state index contributed by atoms with van der Waals surface area (Å²) in [6.07, 6.45) is 4.49. The minimum Gasteiger partial charge on any atom is -0.342 e. The van der Waals surface area contributed by atoms with E-state index in [2.05, 4.69) is 39.6 Å². The maximum atomic E-state index is 12.7. The fourth-order valence-electron chi connectivity index (χ4n) is 2.82. The second-order valence-corrected chi connectivity index (χ2v) is 6.61. The van der Waals surface area contributed by atoms with Gasteiger partial charge in [0.05, 0.1) is 6.54 Å². The fourth-order valence-corrected chi connectivity index (χ4v) is 2.82. The van der Waals surface area contributed by atoms with Crippen LogP contribution in [0.5, 0.6) is 0 Å². The highest BCUT2D eigenvalue weighted by atomic mass is 16.2. The van der Waals surface area contributed by atoms with E-state index in [9.17, 15) is 4.79 Å². The van der Waals surface area contributed by atoms with Crippen molar-refractivity contribution >= 4 is 5.91 Å². The number of rotatable bonds is 8. The molecule has 3 N–H and O–H groups in total. The van der Waals surface area contributed by atoms with E-state index >= 15 is 0 Å². The Balaban J connectivity index is 2.46. The third kappa shape index (κ3) is 10.2. The smallest absolute Gasteiger partial charge is 0.236 e. The summed E-state index contributed by atoms with van der Waals surface area (Å²) in [6, 6.07) is 0. The average molecular weight is 342 g/mol. The molecule has 0 aromatic carbocycles. The van der Waals surface area contributed by atoms with Crippen molar-refractivity contribution < 1.29 is 4.79 Å². The molecule has 0 saturated carbocycles. The zero-order valence-electron chi connectivity index (χ0n) is 15.9. The van der Waals surface area contributed by atoms with Crippen LogP contribution in [0.4, 0.5) is 0 Å². The van der Waals surface area contributed by atoms with Crippen LogP contribution in [0.3, 0.4) is 0 Å². The number of carbonyl (C=O) groups is 1. The Hall–Kier alpha value is -0.690. The summed E-state index contributed by atoms with van der Waals surface area (Å²) in [5.41, 5.74) is 0. The Morgan fingerprint density at radius 3 is 1.75 bits per heavy atom. The summed E-state index contributed by atoms with van der Waals surface area (Å²) >= 11 is 0. The molecule has 24 heavy (non-hydrogen) atoms. The average Bonchev–Trinajstić information content (AvgIpc) is 2.57. The molecule has 0 radical (unpaired) electrons. The Morgan fingerprint density at radius 1 is 0.833 bits per heavy atom. The Bertz CT molecular complexity index is 294. The predicted octanol–water partition coefficient (Wildman–Crippen LogP) is 0.500. The number of nitrogens with zero attached hydrogens (tertiary/aromatic N) is 2. The van der Waals surface area contributed by atoms with Gasteiger partial charge in [-0.15, -0.1) is 0 Å². The van der Waals surface area contributed by atoms with Crippen molar-refractivity contribution in [2.75, 3.05) is 72.0 Å². The van der Waals surface area contributed by atoms with Gasteiger partial charge in [0.2, 0.25) is 5.91 Å². The van der Waals surface area contributed by atoms with E-state index in [4.69, 9.17) is 0 Å². The quantitative estimate of drug-likeness (QED) is 0.600. The van der Waals surface area contributed by atoms with Gasteiger partial charge in [-0.1, -0.05) is 26.7 Å². The van der Waals surface area contributed by atoms with Gasteiger partial charge in [0, 0.05) is 65.4 Å². The molecular weight excluding hydrogens is 302 g/mol. The Morgan fingerprint density at radius 2 is 1.29 bits per heavy atom. The first-order chi connectivity index (χ1) is 11.8. The number of unbranched alkanes of at least 4 members (excludes halogenated alkanes) is 2. The normalized spacial score (nSPS) is 18.6. The maximum Gasteiger partial charge on any atom is 0.236 e. The van der Waals surface area contributed by atoms with Crippen LogP contribution in [-0.4, -0.2) is 87.7 Å². The zero-order valence-corrected chi connectivity index (χ0v) is 15.9. The van der Waals surface area contributed by atoms with E-state index in [0.717, 1.165) is 91.1 Å². The molecule has 0 aliphatic carbocycles. The molecule has 142 valence electrons. The van der Waals surface area contributed by atoms with Crippen molar-refractivity contribution in [3.05, 3.63) is 0 Å². The first-order valence-corrected chi connectivity index (χ1v) is 9.90. The highest BCUT2D eigenvalue weighted by Gasteiger charge is 2.16. The number of hydrogen-bond acceptors (Lipinski definition) is 5. The van der Waals surface area contributed by atoms with Crippen LogP contribution in [0.25, 0.3) is 0 Å². The molecule has 1 fully saturated rings. The van der Waals surface area contributed by atoms with Crippen molar-refractivity contribution in [3.63, 3.8) is 0 Å². The Labute approximate surface area is 148 Å². The van der Waals surface area contributed by atoms with Gasteiger partial charge in [-0.05, 0) is 12.8 Å². The maximum absolute atomic E-state index is 12.7. The van der Waals surface area contributed by atoms with E-state index in [1.807, 2.05) is 0 Å². The molecule has 0 spiro atoms. The third-order valence-corrected chi connectivity index (χ3v) is 4.44. The van der Waals surface area contributed by atoms with Gasteiger partial charge in [-0.3, -0.25) is 9.69 Å². The second-order valence-electron chi connectivity index (χ2n) is 6.61. The molecule has 1 aliphatic rings. The number of nitrogens with one attached hydrogen (secondary N) is 3. The van der Waals surface area contributed by atoms with Crippen molar-refractivity contribution in [1.82, 2.24) is 25.8 Å². The molecule has 6 nitrogen and oxygen atoms in total. The highest BCUT2D eigenvalue weighted by molar-refractivity contribution is 5.78. The summed E-state index contributed by atoms with van der Waals surface area (Å²) in [5.74, 6) is 0.297. The molecule has 1 amide bonds. The molecular formula is C18H39N5O. The van der Waals surface area contributed by atoms with Crippen LogP contribution >= 0.6 is 0 Å². The summed E-state index contributed by atoms with van der Waals surface area (Å²) in [6.45, 7) is 14.5. The molecule has 1 rings (SSSR count). The van der Waals surface area contributed by atoms with Crippen LogP contribution in [0.2, 0.25) is 0 Å². The van der Waals surface area contributed by atoms with E-state index in [0.29, 0.717) is 12.5 Å². The van der Waals surface area contributed by atoms with Gasteiger partial charge in [-0.2, -0.15) is 0 Å². The van der Waals surface area contributed by atoms with E-state index in [1.165, 1.54) is 0 Å². The molecule has 0 bridgehead atoms. The highest BCUT2D eigenvalue weighted by Crippen LogP contribution is 2.02. The lowest BCUT2D eigenvalue weighted by molar-refractivity contribution is -0.132. The Kier molecular flexibility index (Phi) is 13.0. The molecule has 0 unspecified atom stereocenters. The summed E-state index contributed by atoms with van der Waals surface area (Å²) in [7, 11) is 0. The molecule has 1 aliphatic heterocycles. The van der Waals surface area contributed by atoms with Crippen molar-refractivity contribution in [2.24, 2.45) is 0 Å². The number of carbonyl (C=O) groups excluding carboxylic acids is 1. The van der Waals surface area contributed by atoms with E-state index < -0.39 is 0 Å². The van der Waals surface area contributed by atoms with Gasteiger partial charge in [0.15, 0.2) is 0 Å². The van der Waals surface area contributed by atoms with Crippen LogP contribution in [0.15, 0.2) is 0 Å². The summed E-state index contributed by atoms with van der Waals surface area (Å²) < 4.78 is 0. The summed E-state index contributed by atoms with van der Waals surface area (Å²) in [4.78, 5) is 17.1. The minimum absolute atomic E-state index is 0.297. The lowest BCUT2D eigenvalue weighted by Crippen LogP contribution is -2.46. The SMILES string of the molecule is CCCCN(CCCC)C(=O)CN1CCNCCNCCNCC1. The van der Waals surface area contributed by atoms with Gasteiger partial charge in [0.25, 0.3) is 0 Å². The second kappa shape index (κ2) is 14.6. The standard InChI is InChI=1S/C18H39N5O/c1-3-5-13-23(14-6-4-2)18(24)17-22-15-11-20-9-7-19-8-10-21-12-16-22/h19-21H,3-17H2,1-2H3. The van der Waals surface area contributed by atoms with Crippen LogP contribution < -0.4 is 16.0 Å². The largest absolute Gasteiger partial charge is 0.342 e. The van der Waals surface area contributed by atoms with Gasteiger partial charge in [-0.25, -0.2) is 0 Å². The van der Waals surface area contributed by atoms with Crippen LogP contribution in [0.1, 0.15) is 39.5 Å². The number of amides is 1. The van der Waals surface area contributed by atoms with Crippen molar-refractivity contribution in [2.45, 2.75) is 39.5 Å². The van der Waals surface area contributed by atoms with E-state index in [1.54, 1.807) is 0 Å². The molecule has 0 atom stereocenters. The third-order valence-electron chi connectivity index (χ3n) is 4.44. The fraction of sp³-hybridized carbons (Fsp3) is 0.944.